The number of ether oxygens (including phenoxy) is 1. The summed E-state index contributed by atoms with van der Waals surface area (Å²) in [5, 5.41) is 23.3. The molecule has 3 N–H and O–H groups in total. The normalized spacial score (nSPS) is 12.9. The molecule has 6 nitrogen and oxygen atoms in total. The van der Waals surface area contributed by atoms with Gasteiger partial charge in [-0.1, -0.05) is 237 Å². The highest BCUT2D eigenvalue weighted by Crippen LogP contribution is 2.17. The Bertz CT molecular complexity index is 1040. The number of carbonyl (C=O) groups is 2. The molecular formula is C58H109NO5. The molecule has 0 bridgehead atoms. The van der Waals surface area contributed by atoms with Crippen molar-refractivity contribution in [3.63, 3.8) is 0 Å². The van der Waals surface area contributed by atoms with Crippen LogP contribution in [0.15, 0.2) is 36.5 Å². The number of nitrogens with one attached hydrogen (secondary N) is 1. The fraction of sp³-hybridized carbons (Fsp3) is 0.862. The van der Waals surface area contributed by atoms with Crippen molar-refractivity contribution < 1.29 is 24.5 Å². The quantitative estimate of drug-likeness (QED) is 0.0321. The van der Waals surface area contributed by atoms with Crippen molar-refractivity contribution in [1.29, 1.82) is 0 Å². The second-order valence-electron chi connectivity index (χ2n) is 19.3. The minimum atomic E-state index is -0.683. The van der Waals surface area contributed by atoms with Crippen LogP contribution in [0.2, 0.25) is 0 Å². The first-order chi connectivity index (χ1) is 31.5. The summed E-state index contributed by atoms with van der Waals surface area (Å²) in [4.78, 5) is 24.5. The molecule has 0 saturated carbocycles. The van der Waals surface area contributed by atoms with Gasteiger partial charge in [-0.25, -0.2) is 0 Å². The van der Waals surface area contributed by atoms with Gasteiger partial charge >= 0.3 is 5.97 Å². The van der Waals surface area contributed by atoms with Gasteiger partial charge in [0.1, 0.15) is 0 Å². The van der Waals surface area contributed by atoms with Gasteiger partial charge < -0.3 is 20.3 Å². The van der Waals surface area contributed by atoms with E-state index in [4.69, 9.17) is 4.74 Å². The van der Waals surface area contributed by atoms with E-state index in [-0.39, 0.29) is 18.5 Å². The first-order valence-electron chi connectivity index (χ1n) is 28.2. The van der Waals surface area contributed by atoms with Crippen molar-refractivity contribution in [2.24, 2.45) is 0 Å². The molecule has 0 aliphatic heterocycles. The fourth-order valence-corrected chi connectivity index (χ4v) is 8.55. The lowest BCUT2D eigenvalue weighted by molar-refractivity contribution is -0.143. The van der Waals surface area contributed by atoms with E-state index < -0.39 is 12.1 Å². The van der Waals surface area contributed by atoms with Gasteiger partial charge in [-0.2, -0.15) is 0 Å². The molecule has 0 aliphatic rings. The molecule has 0 fully saturated rings. The zero-order chi connectivity index (χ0) is 46.5. The Morgan fingerprint density at radius 1 is 0.438 bits per heavy atom. The van der Waals surface area contributed by atoms with Crippen LogP contribution in [0, 0.1) is 0 Å². The number of esters is 1. The highest BCUT2D eigenvalue weighted by molar-refractivity contribution is 5.76. The van der Waals surface area contributed by atoms with Crippen LogP contribution in [-0.2, 0) is 14.3 Å². The predicted molar refractivity (Wildman–Crippen MR) is 278 cm³/mol. The van der Waals surface area contributed by atoms with E-state index in [1.807, 2.05) is 0 Å². The summed E-state index contributed by atoms with van der Waals surface area (Å²) in [7, 11) is 0. The third-order valence-corrected chi connectivity index (χ3v) is 12.9. The van der Waals surface area contributed by atoms with E-state index in [9.17, 15) is 19.8 Å². The van der Waals surface area contributed by atoms with Crippen molar-refractivity contribution in [3.8, 4) is 0 Å². The Morgan fingerprint density at radius 2 is 0.781 bits per heavy atom. The molecule has 0 radical (unpaired) electrons. The van der Waals surface area contributed by atoms with Crippen molar-refractivity contribution in [2.45, 2.75) is 309 Å². The molecule has 0 heterocycles. The van der Waals surface area contributed by atoms with Crippen LogP contribution in [0.4, 0.5) is 0 Å². The summed E-state index contributed by atoms with van der Waals surface area (Å²) in [5.41, 5.74) is 0. The van der Waals surface area contributed by atoms with Crippen LogP contribution in [0.1, 0.15) is 296 Å². The first kappa shape index (κ1) is 62.1. The SMILES string of the molecule is CCCCC/C=C\C/C=C\CCCCCCCC(=O)OCCCCCCCC/C=C\CCCCCC(=O)NC(CO)C(O)CCCCCCCCCCCCCCCCCCCCC. The monoisotopic (exact) mass is 900 g/mol. The number of aliphatic hydroxyl groups is 2. The van der Waals surface area contributed by atoms with Gasteiger partial charge in [-0.05, 0) is 83.5 Å². The van der Waals surface area contributed by atoms with E-state index in [0.29, 0.717) is 25.9 Å². The zero-order valence-electron chi connectivity index (χ0n) is 42.8. The fourth-order valence-electron chi connectivity index (χ4n) is 8.55. The summed E-state index contributed by atoms with van der Waals surface area (Å²) in [6.07, 6.45) is 65.5. The average Bonchev–Trinajstić information content (AvgIpc) is 3.29. The highest BCUT2D eigenvalue weighted by atomic mass is 16.5. The molecule has 1 amide bonds. The standard InChI is InChI=1S/C58H109NO5/c1-3-5-7-9-11-13-15-17-19-20-21-22-24-26-30-34-38-42-46-50-56(61)55(54-60)59-57(62)51-47-43-39-35-31-27-25-29-33-37-41-45-49-53-64-58(63)52-48-44-40-36-32-28-23-18-16-14-12-10-8-6-4-2/h12,14,18,23,27,31,55-56,60-61H,3-11,13,15-17,19-22,24-26,28-30,32-54H2,1-2H3,(H,59,62)/b14-12-,23-18-,31-27-. The van der Waals surface area contributed by atoms with Gasteiger partial charge in [-0.3, -0.25) is 9.59 Å². The maximum atomic E-state index is 12.5. The maximum absolute atomic E-state index is 12.5. The number of carbonyl (C=O) groups excluding carboxylic acids is 2. The summed E-state index contributed by atoms with van der Waals surface area (Å²) in [6.45, 7) is 4.89. The molecule has 2 atom stereocenters. The minimum Gasteiger partial charge on any atom is -0.466 e. The van der Waals surface area contributed by atoms with E-state index >= 15 is 0 Å². The summed E-state index contributed by atoms with van der Waals surface area (Å²) >= 11 is 0. The number of rotatable bonds is 52. The second kappa shape index (κ2) is 53.7. The Balaban J connectivity index is 3.51. The number of amides is 1. The van der Waals surface area contributed by atoms with Crippen LogP contribution in [0.25, 0.3) is 0 Å². The lowest BCUT2D eigenvalue weighted by Crippen LogP contribution is -2.45. The molecule has 0 rings (SSSR count). The number of hydrogen-bond donors (Lipinski definition) is 3. The topological polar surface area (TPSA) is 95.9 Å². The number of hydrogen-bond acceptors (Lipinski definition) is 5. The summed E-state index contributed by atoms with van der Waals surface area (Å²) in [5.74, 6) is -0.0907. The minimum absolute atomic E-state index is 0.0264. The Morgan fingerprint density at radius 3 is 1.25 bits per heavy atom. The molecule has 0 aliphatic carbocycles. The smallest absolute Gasteiger partial charge is 0.305 e. The third kappa shape index (κ3) is 49.5. The number of unbranched alkanes of at least 4 members (excludes halogenated alkanes) is 35. The molecule has 0 aromatic rings. The van der Waals surface area contributed by atoms with E-state index in [2.05, 4.69) is 55.6 Å². The average molecular weight is 901 g/mol. The Labute approximate surface area is 398 Å². The third-order valence-electron chi connectivity index (χ3n) is 12.9. The van der Waals surface area contributed by atoms with Gasteiger partial charge in [-0.15, -0.1) is 0 Å². The molecule has 0 aromatic carbocycles. The molecule has 0 saturated heterocycles. The molecule has 0 aromatic heterocycles. The maximum Gasteiger partial charge on any atom is 0.305 e. The predicted octanol–water partition coefficient (Wildman–Crippen LogP) is 17.2. The van der Waals surface area contributed by atoms with E-state index in [0.717, 1.165) is 83.5 Å². The Hall–Kier alpha value is -1.92. The summed E-state index contributed by atoms with van der Waals surface area (Å²) < 4.78 is 5.45. The van der Waals surface area contributed by atoms with Gasteiger partial charge in [0, 0.05) is 12.8 Å². The lowest BCUT2D eigenvalue weighted by atomic mass is 10.0. The van der Waals surface area contributed by atoms with Crippen molar-refractivity contribution in [1.82, 2.24) is 5.32 Å². The van der Waals surface area contributed by atoms with Crippen LogP contribution < -0.4 is 5.32 Å². The summed E-state index contributed by atoms with van der Waals surface area (Å²) in [6, 6.07) is -0.563. The van der Waals surface area contributed by atoms with Gasteiger partial charge in [0.05, 0.1) is 25.4 Å². The van der Waals surface area contributed by atoms with E-state index in [1.54, 1.807) is 0 Å². The molecule has 376 valence electrons. The van der Waals surface area contributed by atoms with Gasteiger partial charge in [0.25, 0.3) is 0 Å². The van der Waals surface area contributed by atoms with Gasteiger partial charge in [0.15, 0.2) is 0 Å². The van der Waals surface area contributed by atoms with Crippen molar-refractivity contribution >= 4 is 11.9 Å². The molecule has 0 spiro atoms. The van der Waals surface area contributed by atoms with Crippen LogP contribution in [0.5, 0.6) is 0 Å². The van der Waals surface area contributed by atoms with Crippen molar-refractivity contribution in [3.05, 3.63) is 36.5 Å². The molecule has 64 heavy (non-hydrogen) atoms. The van der Waals surface area contributed by atoms with Crippen LogP contribution in [-0.4, -0.2) is 47.4 Å². The van der Waals surface area contributed by atoms with E-state index in [1.165, 1.54) is 180 Å². The van der Waals surface area contributed by atoms with Crippen molar-refractivity contribution in [2.75, 3.05) is 13.2 Å². The molecular weight excluding hydrogens is 791 g/mol. The number of allylic oxidation sites excluding steroid dienone is 6. The van der Waals surface area contributed by atoms with Crippen LogP contribution >= 0.6 is 0 Å². The first-order valence-corrected chi connectivity index (χ1v) is 28.2. The highest BCUT2D eigenvalue weighted by Gasteiger charge is 2.20. The van der Waals surface area contributed by atoms with Crippen LogP contribution in [0.3, 0.4) is 0 Å². The zero-order valence-corrected chi connectivity index (χ0v) is 42.8. The second-order valence-corrected chi connectivity index (χ2v) is 19.3. The lowest BCUT2D eigenvalue weighted by Gasteiger charge is -2.22. The largest absolute Gasteiger partial charge is 0.466 e. The van der Waals surface area contributed by atoms with Gasteiger partial charge in [0.2, 0.25) is 5.91 Å². The molecule has 2 unspecified atom stereocenters. The number of aliphatic hydroxyl groups excluding tert-OH is 2. The Kier molecular flexibility index (Phi) is 52.1. The molecule has 6 heteroatoms.